The van der Waals surface area contributed by atoms with Crippen molar-refractivity contribution in [2.45, 2.75) is 0 Å². The molecule has 0 bridgehead atoms. The summed E-state index contributed by atoms with van der Waals surface area (Å²) in [7, 11) is 1.47. The molecule has 2 aromatic rings. The van der Waals surface area contributed by atoms with Gasteiger partial charge in [-0.3, -0.25) is 4.79 Å². The van der Waals surface area contributed by atoms with Gasteiger partial charge < -0.3 is 9.72 Å². The van der Waals surface area contributed by atoms with E-state index in [1.807, 2.05) is 18.2 Å². The Morgan fingerprint density at radius 3 is 2.71 bits per heavy atom. The van der Waals surface area contributed by atoms with Crippen molar-refractivity contribution in [2.24, 2.45) is 0 Å². The lowest BCUT2D eigenvalue weighted by Gasteiger charge is -2.04. The van der Waals surface area contributed by atoms with Crippen LogP contribution in [0.1, 0.15) is 16.2 Å². The maximum Gasteiger partial charge on any atom is 0.227 e. The monoisotopic (exact) mass is 228 g/mol. The summed E-state index contributed by atoms with van der Waals surface area (Å²) in [5, 5.41) is 0. The smallest absolute Gasteiger partial charge is 0.227 e. The van der Waals surface area contributed by atoms with Gasteiger partial charge in [0.2, 0.25) is 5.78 Å². The van der Waals surface area contributed by atoms with Gasteiger partial charge in [-0.2, -0.15) is 0 Å². The third-order valence-electron chi connectivity index (χ3n) is 2.27. The average molecular weight is 228 g/mol. The van der Waals surface area contributed by atoms with Crippen LogP contribution in [-0.2, 0) is 4.74 Å². The number of carbonyl (C=O) groups is 1. The van der Waals surface area contributed by atoms with Crippen LogP contribution in [0.25, 0.3) is 6.08 Å². The lowest BCUT2D eigenvalue weighted by molar-refractivity contribution is 0.0957. The number of aromatic amines is 1. The molecule has 1 heterocycles. The predicted molar refractivity (Wildman–Crippen MR) is 64.3 cm³/mol. The highest BCUT2D eigenvalue weighted by molar-refractivity contribution is 6.09. The van der Waals surface area contributed by atoms with Gasteiger partial charge in [0.1, 0.15) is 5.82 Å². The fraction of sp³-hybridized carbons (Fsp3) is 0.0769. The van der Waals surface area contributed by atoms with Gasteiger partial charge in [-0.1, -0.05) is 30.3 Å². The molecule has 0 radical (unpaired) electrons. The molecular formula is C13H12N2O2. The molecule has 1 aromatic carbocycles. The van der Waals surface area contributed by atoms with Crippen molar-refractivity contribution in [1.82, 2.24) is 9.97 Å². The van der Waals surface area contributed by atoms with Gasteiger partial charge in [-0.05, 0) is 0 Å². The molecule has 0 spiro atoms. The van der Waals surface area contributed by atoms with Crippen LogP contribution in [0.15, 0.2) is 48.5 Å². The normalized spacial score (nSPS) is 11.2. The Labute approximate surface area is 99.0 Å². The van der Waals surface area contributed by atoms with E-state index in [1.165, 1.54) is 7.11 Å². The summed E-state index contributed by atoms with van der Waals surface area (Å²) >= 11 is 0. The number of H-pyrrole nitrogens is 1. The summed E-state index contributed by atoms with van der Waals surface area (Å²) in [6, 6.07) is 8.98. The van der Waals surface area contributed by atoms with E-state index in [0.29, 0.717) is 11.4 Å². The van der Waals surface area contributed by atoms with Gasteiger partial charge in [-0.25, -0.2) is 4.98 Å². The highest BCUT2D eigenvalue weighted by Crippen LogP contribution is 2.11. The first kappa shape index (κ1) is 11.1. The van der Waals surface area contributed by atoms with Crippen LogP contribution in [0.5, 0.6) is 0 Å². The molecule has 0 amide bonds. The topological polar surface area (TPSA) is 55.0 Å². The Balaban J connectivity index is 2.28. The number of benzene rings is 1. The van der Waals surface area contributed by atoms with E-state index in [4.69, 9.17) is 4.74 Å². The number of rotatable bonds is 4. The molecule has 0 saturated heterocycles. The van der Waals surface area contributed by atoms with E-state index < -0.39 is 0 Å². The number of hydrogen-bond donors (Lipinski definition) is 1. The molecular weight excluding hydrogens is 216 g/mol. The molecule has 0 aliphatic rings. The molecule has 1 N–H and O–H groups in total. The number of nitrogens with zero attached hydrogens (tertiary/aromatic N) is 1. The number of ether oxygens (including phenoxy) is 1. The van der Waals surface area contributed by atoms with E-state index in [-0.39, 0.29) is 11.5 Å². The Hall–Kier alpha value is -2.36. The largest absolute Gasteiger partial charge is 0.492 e. The zero-order valence-electron chi connectivity index (χ0n) is 9.38. The van der Waals surface area contributed by atoms with Crippen LogP contribution in [0.3, 0.4) is 0 Å². The van der Waals surface area contributed by atoms with E-state index >= 15 is 0 Å². The van der Waals surface area contributed by atoms with Crippen LogP contribution in [0.4, 0.5) is 0 Å². The third kappa shape index (κ3) is 2.60. The van der Waals surface area contributed by atoms with Crippen LogP contribution in [0, 0.1) is 0 Å². The second-order valence-electron chi connectivity index (χ2n) is 3.38. The van der Waals surface area contributed by atoms with E-state index in [1.54, 1.807) is 30.6 Å². The highest BCUT2D eigenvalue weighted by Gasteiger charge is 2.12. The quantitative estimate of drug-likeness (QED) is 0.496. The number of Topliss-reactive ketones (excluding diaryl/α,β-unsaturated/α-hetero) is 1. The first-order valence-corrected chi connectivity index (χ1v) is 5.16. The number of nitrogens with one attached hydrogen (secondary N) is 1. The molecule has 0 aliphatic heterocycles. The predicted octanol–water partition coefficient (Wildman–Crippen LogP) is 2.28. The molecule has 0 saturated carbocycles. The number of imidazole rings is 1. The Morgan fingerprint density at radius 1 is 1.35 bits per heavy atom. The molecule has 0 aliphatic carbocycles. The van der Waals surface area contributed by atoms with Gasteiger partial charge in [-0.15, -0.1) is 0 Å². The van der Waals surface area contributed by atoms with Gasteiger partial charge in [0.15, 0.2) is 5.76 Å². The lowest BCUT2D eigenvalue weighted by Crippen LogP contribution is -2.05. The number of hydrogen-bond acceptors (Lipinski definition) is 3. The standard InChI is InChI=1S/C13H12N2O2/c1-17-11(9-12-14-7-8-15-12)13(16)10-5-3-2-4-6-10/h2-9H,1H3,(H,14,15)/b11-9-. The van der Waals surface area contributed by atoms with Crippen molar-refractivity contribution < 1.29 is 9.53 Å². The van der Waals surface area contributed by atoms with E-state index in [2.05, 4.69) is 9.97 Å². The van der Waals surface area contributed by atoms with Crippen molar-refractivity contribution in [3.8, 4) is 0 Å². The molecule has 17 heavy (non-hydrogen) atoms. The highest BCUT2D eigenvalue weighted by atomic mass is 16.5. The van der Waals surface area contributed by atoms with Crippen LogP contribution >= 0.6 is 0 Å². The minimum atomic E-state index is -0.162. The van der Waals surface area contributed by atoms with Gasteiger partial charge in [0.05, 0.1) is 7.11 Å². The zero-order chi connectivity index (χ0) is 12.1. The van der Waals surface area contributed by atoms with Crippen LogP contribution in [-0.4, -0.2) is 22.9 Å². The van der Waals surface area contributed by atoms with Crippen molar-refractivity contribution in [1.29, 1.82) is 0 Å². The molecule has 0 atom stereocenters. The molecule has 86 valence electrons. The third-order valence-corrected chi connectivity index (χ3v) is 2.27. The second-order valence-corrected chi connectivity index (χ2v) is 3.38. The fourth-order valence-corrected chi connectivity index (χ4v) is 1.43. The first-order chi connectivity index (χ1) is 8.31. The van der Waals surface area contributed by atoms with Crippen LogP contribution < -0.4 is 0 Å². The number of ketones is 1. The van der Waals surface area contributed by atoms with E-state index in [9.17, 15) is 4.79 Å². The molecule has 4 nitrogen and oxygen atoms in total. The summed E-state index contributed by atoms with van der Waals surface area (Å²) in [4.78, 5) is 19.0. The minimum Gasteiger partial charge on any atom is -0.492 e. The maximum absolute atomic E-state index is 12.1. The van der Waals surface area contributed by atoms with Crippen molar-refractivity contribution >= 4 is 11.9 Å². The Bertz CT molecular complexity index is 516. The van der Waals surface area contributed by atoms with Crippen LogP contribution in [0.2, 0.25) is 0 Å². The number of methoxy groups -OCH3 is 1. The summed E-state index contributed by atoms with van der Waals surface area (Å²) in [5.74, 6) is 0.682. The maximum atomic E-state index is 12.1. The second kappa shape index (κ2) is 5.12. The van der Waals surface area contributed by atoms with Gasteiger partial charge in [0, 0.05) is 24.0 Å². The summed E-state index contributed by atoms with van der Waals surface area (Å²) in [6.45, 7) is 0. The molecule has 2 rings (SSSR count). The minimum absolute atomic E-state index is 0.162. The summed E-state index contributed by atoms with van der Waals surface area (Å²) in [5.41, 5.74) is 0.590. The fourth-order valence-electron chi connectivity index (χ4n) is 1.43. The molecule has 0 fully saturated rings. The summed E-state index contributed by atoms with van der Waals surface area (Å²) in [6.07, 6.45) is 4.88. The average Bonchev–Trinajstić information content (AvgIpc) is 2.89. The van der Waals surface area contributed by atoms with E-state index in [0.717, 1.165) is 0 Å². The SMILES string of the molecule is CO/C(=C\c1ncc[nH]1)C(=O)c1ccccc1. The van der Waals surface area contributed by atoms with Gasteiger partial charge >= 0.3 is 0 Å². The van der Waals surface area contributed by atoms with Crippen molar-refractivity contribution in [3.63, 3.8) is 0 Å². The molecule has 1 aromatic heterocycles. The number of carbonyl (C=O) groups excluding carboxylic acids is 1. The van der Waals surface area contributed by atoms with Crippen molar-refractivity contribution in [3.05, 3.63) is 59.9 Å². The molecule has 0 unspecified atom stereocenters. The molecule has 4 heteroatoms. The summed E-state index contributed by atoms with van der Waals surface area (Å²) < 4.78 is 5.09. The number of aromatic nitrogens is 2. The lowest BCUT2D eigenvalue weighted by atomic mass is 10.1. The Kier molecular flexibility index (Phi) is 3.35. The number of allylic oxidation sites excluding steroid dienone is 1. The first-order valence-electron chi connectivity index (χ1n) is 5.16. The van der Waals surface area contributed by atoms with Gasteiger partial charge in [0.25, 0.3) is 0 Å². The zero-order valence-corrected chi connectivity index (χ0v) is 9.38. The van der Waals surface area contributed by atoms with Crippen molar-refractivity contribution in [2.75, 3.05) is 7.11 Å². The Morgan fingerprint density at radius 2 is 2.12 bits per heavy atom.